The van der Waals surface area contributed by atoms with Crippen molar-refractivity contribution in [2.24, 2.45) is 4.58 Å². The van der Waals surface area contributed by atoms with Crippen LogP contribution in [0, 0.1) is 4.91 Å². The lowest BCUT2D eigenvalue weighted by Gasteiger charge is -2.06. The van der Waals surface area contributed by atoms with Crippen molar-refractivity contribution in [3.8, 4) is 0 Å². The van der Waals surface area contributed by atoms with E-state index in [1.54, 1.807) is 12.1 Å². The highest BCUT2D eigenvalue weighted by Crippen LogP contribution is 2.29. The van der Waals surface area contributed by atoms with Crippen LogP contribution in [0.25, 0.3) is 0 Å². The van der Waals surface area contributed by atoms with Crippen molar-refractivity contribution in [1.29, 1.82) is 0 Å². The predicted molar refractivity (Wildman–Crippen MR) is 50.7 cm³/mol. The van der Waals surface area contributed by atoms with Gasteiger partial charge in [0, 0.05) is 6.54 Å². The molecule has 74 valence electrons. The number of sulfonamides is 1. The maximum Gasteiger partial charge on any atom is 0.308 e. The van der Waals surface area contributed by atoms with Gasteiger partial charge in [0.1, 0.15) is 0 Å². The van der Waals surface area contributed by atoms with Crippen LogP contribution in [0.3, 0.4) is 0 Å². The second-order valence-electron chi connectivity index (χ2n) is 3.05. The summed E-state index contributed by atoms with van der Waals surface area (Å²) in [5, 5.41) is 1.76. The smallest absolute Gasteiger partial charge is 0.292 e. The van der Waals surface area contributed by atoms with E-state index in [4.69, 9.17) is 0 Å². The highest BCUT2D eigenvalue weighted by atomic mass is 32.2. The third-order valence-electron chi connectivity index (χ3n) is 2.22. The van der Waals surface area contributed by atoms with Crippen LogP contribution in [0.5, 0.6) is 0 Å². The van der Waals surface area contributed by atoms with Crippen LogP contribution in [0.2, 0.25) is 0 Å². The summed E-state index contributed by atoms with van der Waals surface area (Å²) in [5.74, 6) is 0. The summed E-state index contributed by atoms with van der Waals surface area (Å²) in [6.07, 6.45) is 0. The zero-order valence-corrected chi connectivity index (χ0v) is 7.99. The fourth-order valence-electron chi connectivity index (χ4n) is 1.57. The molecule has 1 aliphatic heterocycles. The van der Waals surface area contributed by atoms with Gasteiger partial charge in [-0.05, 0) is 11.1 Å². The van der Waals surface area contributed by atoms with E-state index in [0.717, 1.165) is 5.56 Å². The Kier molecular flexibility index (Phi) is 2.09. The fourth-order valence-corrected chi connectivity index (χ4v) is 2.50. The molecule has 1 atom stereocenters. The Balaban J connectivity index is 2.50. The van der Waals surface area contributed by atoms with Gasteiger partial charge in [-0.25, -0.2) is 0 Å². The van der Waals surface area contributed by atoms with E-state index < -0.39 is 15.4 Å². The zero-order chi connectivity index (χ0) is 10.2. The first-order valence-corrected chi connectivity index (χ1v) is 5.55. The number of benzene rings is 1. The molecular weight excluding hydrogens is 204 g/mol. The van der Waals surface area contributed by atoms with Gasteiger partial charge in [0.15, 0.2) is 5.37 Å². The molecule has 0 fully saturated rings. The quantitative estimate of drug-likeness (QED) is 0.738. The van der Waals surface area contributed by atoms with Crippen LogP contribution in [0.1, 0.15) is 16.5 Å². The highest BCUT2D eigenvalue weighted by molar-refractivity contribution is 7.90. The highest BCUT2D eigenvalue weighted by Gasteiger charge is 2.33. The lowest BCUT2D eigenvalue weighted by atomic mass is 10.1. The van der Waals surface area contributed by atoms with E-state index in [1.807, 2.05) is 12.1 Å². The van der Waals surface area contributed by atoms with Gasteiger partial charge in [-0.2, -0.15) is 8.42 Å². The topological polar surface area (TPSA) is 75.6 Å². The molecule has 1 aliphatic rings. The molecular formula is C8H8N2O3S. The minimum absolute atomic E-state index is 0.454. The SMILES string of the molecule is O=NS(=O)(=O)C1NCc2ccccc21. The van der Waals surface area contributed by atoms with E-state index >= 15 is 0 Å². The Hall–Kier alpha value is -1.27. The van der Waals surface area contributed by atoms with E-state index in [-0.39, 0.29) is 0 Å². The molecule has 1 N–H and O–H groups in total. The Morgan fingerprint density at radius 1 is 1.36 bits per heavy atom. The van der Waals surface area contributed by atoms with Crippen molar-refractivity contribution in [1.82, 2.24) is 5.32 Å². The average Bonchev–Trinajstić information content (AvgIpc) is 2.61. The van der Waals surface area contributed by atoms with Crippen molar-refractivity contribution in [3.63, 3.8) is 0 Å². The molecule has 0 spiro atoms. The molecule has 1 aromatic rings. The van der Waals surface area contributed by atoms with Gasteiger partial charge in [0.2, 0.25) is 0 Å². The maximum absolute atomic E-state index is 11.2. The van der Waals surface area contributed by atoms with Crippen LogP contribution in [0.15, 0.2) is 28.8 Å². The predicted octanol–water partition coefficient (Wildman–Crippen LogP) is 0.885. The molecule has 0 aliphatic carbocycles. The Morgan fingerprint density at radius 3 is 2.79 bits per heavy atom. The van der Waals surface area contributed by atoms with Crippen LogP contribution in [-0.4, -0.2) is 8.42 Å². The molecule has 14 heavy (non-hydrogen) atoms. The summed E-state index contributed by atoms with van der Waals surface area (Å²) in [5.41, 5.74) is 1.51. The normalized spacial score (nSPS) is 20.4. The number of rotatable bonds is 2. The van der Waals surface area contributed by atoms with Gasteiger partial charge in [0.25, 0.3) is 0 Å². The Bertz CT molecular complexity index is 469. The first-order chi connectivity index (χ1) is 6.65. The van der Waals surface area contributed by atoms with Crippen LogP contribution in [-0.2, 0) is 16.6 Å². The van der Waals surface area contributed by atoms with E-state index in [2.05, 4.69) is 9.90 Å². The summed E-state index contributed by atoms with van der Waals surface area (Å²) in [6.45, 7) is 0.454. The van der Waals surface area contributed by atoms with Crippen LogP contribution < -0.4 is 5.32 Å². The summed E-state index contributed by atoms with van der Waals surface area (Å²) in [7, 11) is -3.95. The van der Waals surface area contributed by atoms with Gasteiger partial charge in [-0.15, -0.1) is 4.91 Å². The van der Waals surface area contributed by atoms with E-state index in [1.165, 1.54) is 0 Å². The third-order valence-corrected chi connectivity index (χ3v) is 3.44. The summed E-state index contributed by atoms with van der Waals surface area (Å²) in [4.78, 5) is 10.1. The lowest BCUT2D eigenvalue weighted by molar-refractivity contribution is 0.569. The molecule has 1 unspecified atom stereocenters. The number of hydrogen-bond acceptors (Lipinski definition) is 4. The number of fused-ring (bicyclic) bond motifs is 1. The molecule has 2 rings (SSSR count). The molecule has 1 heterocycles. The molecule has 6 heteroatoms. The molecule has 0 aromatic heterocycles. The zero-order valence-electron chi connectivity index (χ0n) is 7.17. The number of nitrogens with zero attached hydrogens (tertiary/aromatic N) is 1. The third kappa shape index (κ3) is 1.32. The number of nitrogens with one attached hydrogen (secondary N) is 1. The molecule has 0 radical (unpaired) electrons. The molecule has 0 bridgehead atoms. The second-order valence-corrected chi connectivity index (χ2v) is 4.70. The van der Waals surface area contributed by atoms with Crippen molar-refractivity contribution in [2.75, 3.05) is 0 Å². The Morgan fingerprint density at radius 2 is 2.07 bits per heavy atom. The molecule has 5 nitrogen and oxygen atoms in total. The largest absolute Gasteiger partial charge is 0.308 e. The van der Waals surface area contributed by atoms with E-state index in [9.17, 15) is 13.3 Å². The first kappa shape index (κ1) is 9.29. The minimum Gasteiger partial charge on any atom is -0.292 e. The van der Waals surface area contributed by atoms with Gasteiger partial charge in [-0.3, -0.25) is 5.32 Å². The molecule has 0 saturated carbocycles. The van der Waals surface area contributed by atoms with Gasteiger partial charge < -0.3 is 0 Å². The lowest BCUT2D eigenvalue weighted by Crippen LogP contribution is -2.20. The minimum atomic E-state index is -3.95. The van der Waals surface area contributed by atoms with Crippen molar-refractivity contribution in [2.45, 2.75) is 11.9 Å². The molecule has 1 aromatic carbocycles. The van der Waals surface area contributed by atoms with Gasteiger partial charge in [0.05, 0.1) is 4.58 Å². The number of hydrogen-bond donors (Lipinski definition) is 1. The standard InChI is InChI=1S/C8H8N2O3S/c11-10-14(12,13)8-7-4-2-1-3-6(7)5-9-8/h1-4,8-9H,5H2. The fraction of sp³-hybridized carbons (Fsp3) is 0.250. The monoisotopic (exact) mass is 212 g/mol. The second kappa shape index (κ2) is 3.14. The van der Waals surface area contributed by atoms with E-state index in [0.29, 0.717) is 12.1 Å². The average molecular weight is 212 g/mol. The first-order valence-electron chi connectivity index (χ1n) is 4.05. The van der Waals surface area contributed by atoms with Crippen LogP contribution in [0.4, 0.5) is 0 Å². The summed E-state index contributed by atoms with van der Waals surface area (Å²) >= 11 is 0. The molecule has 0 amide bonds. The van der Waals surface area contributed by atoms with Crippen molar-refractivity contribution in [3.05, 3.63) is 40.3 Å². The summed E-state index contributed by atoms with van der Waals surface area (Å²) in [6, 6.07) is 7.06. The van der Waals surface area contributed by atoms with Crippen LogP contribution >= 0.6 is 0 Å². The number of nitroso groups, excluding NO2 is 1. The molecule has 0 saturated heterocycles. The van der Waals surface area contributed by atoms with Crippen molar-refractivity contribution >= 4 is 10.0 Å². The maximum atomic E-state index is 11.2. The van der Waals surface area contributed by atoms with Crippen molar-refractivity contribution < 1.29 is 8.42 Å². The van der Waals surface area contributed by atoms with Gasteiger partial charge >= 0.3 is 10.0 Å². The Labute approximate surface area is 81.2 Å². The van der Waals surface area contributed by atoms with Gasteiger partial charge in [-0.1, -0.05) is 24.3 Å². The summed E-state index contributed by atoms with van der Waals surface area (Å²) < 4.78 is 24.6.